The molecule has 1 saturated heterocycles. The molecule has 1 aromatic rings. The largest absolute Gasteiger partial charge is 0.466 e. The Balaban J connectivity index is 1.93. The first-order valence-electron chi connectivity index (χ1n) is 8.07. The van der Waals surface area contributed by atoms with E-state index in [9.17, 15) is 9.90 Å². The zero-order chi connectivity index (χ0) is 17.0. The highest BCUT2D eigenvalue weighted by Gasteiger charge is 2.44. The maximum Gasteiger partial charge on any atom is 0.330 e. The number of carbonyl (C=O) groups excluding carboxylic acids is 1. The molecule has 0 unspecified atom stereocenters. The van der Waals surface area contributed by atoms with Gasteiger partial charge in [0.15, 0.2) is 0 Å². The first-order chi connectivity index (χ1) is 10.9. The van der Waals surface area contributed by atoms with E-state index in [1.54, 1.807) is 6.92 Å². The number of hydrogen-bond donors (Lipinski definition) is 1. The Hall–Kier alpha value is -1.65. The summed E-state index contributed by atoms with van der Waals surface area (Å²) in [5, 5.41) is 9.63. The molecule has 1 aliphatic rings. The van der Waals surface area contributed by atoms with Gasteiger partial charge in [-0.15, -0.1) is 0 Å². The number of hydrogen-bond acceptors (Lipinski definition) is 4. The van der Waals surface area contributed by atoms with Crippen LogP contribution < -0.4 is 0 Å². The van der Waals surface area contributed by atoms with Crippen molar-refractivity contribution in [1.29, 1.82) is 0 Å². The van der Waals surface area contributed by atoms with Crippen molar-refractivity contribution < 1.29 is 19.4 Å². The van der Waals surface area contributed by atoms with Gasteiger partial charge >= 0.3 is 5.97 Å². The average molecular weight is 318 g/mol. The monoisotopic (exact) mass is 318 g/mol. The van der Waals surface area contributed by atoms with Crippen molar-refractivity contribution in [3.05, 3.63) is 47.0 Å². The summed E-state index contributed by atoms with van der Waals surface area (Å²) in [5.41, 5.74) is 3.36. The predicted octanol–water partition coefficient (Wildman–Crippen LogP) is 2.68. The van der Waals surface area contributed by atoms with Gasteiger partial charge in [-0.3, -0.25) is 0 Å². The summed E-state index contributed by atoms with van der Waals surface area (Å²) < 4.78 is 10.3. The molecule has 0 saturated carbocycles. The summed E-state index contributed by atoms with van der Waals surface area (Å²) in [7, 11) is 1.38. The lowest BCUT2D eigenvalue weighted by Crippen LogP contribution is -2.20. The van der Waals surface area contributed by atoms with Crippen molar-refractivity contribution in [2.24, 2.45) is 5.92 Å². The maximum absolute atomic E-state index is 11.3. The molecule has 0 radical (unpaired) electrons. The minimum atomic E-state index is -0.345. The fourth-order valence-electron chi connectivity index (χ4n) is 2.79. The third-order valence-electron chi connectivity index (χ3n) is 4.38. The van der Waals surface area contributed by atoms with Crippen LogP contribution in [0.3, 0.4) is 0 Å². The lowest BCUT2D eigenvalue weighted by atomic mass is 9.96. The van der Waals surface area contributed by atoms with Gasteiger partial charge in [0.2, 0.25) is 0 Å². The molecule has 1 aromatic carbocycles. The summed E-state index contributed by atoms with van der Waals surface area (Å²) in [6, 6.07) is 8.34. The Morgan fingerprint density at radius 3 is 2.74 bits per heavy atom. The van der Waals surface area contributed by atoms with Crippen molar-refractivity contribution in [2.45, 2.75) is 51.9 Å². The molecular formula is C19H26O4. The number of benzene rings is 1. The molecule has 2 rings (SSSR count). The van der Waals surface area contributed by atoms with E-state index in [1.165, 1.54) is 24.3 Å². The summed E-state index contributed by atoms with van der Waals surface area (Å²) in [5.74, 6) is -0.159. The summed E-state index contributed by atoms with van der Waals surface area (Å²) in [6.45, 7) is 5.75. The van der Waals surface area contributed by atoms with Crippen LogP contribution in [0.4, 0.5) is 0 Å². The van der Waals surface area contributed by atoms with Crippen LogP contribution >= 0.6 is 0 Å². The quantitative estimate of drug-likeness (QED) is 0.477. The fourth-order valence-corrected chi connectivity index (χ4v) is 2.79. The fraction of sp³-hybridized carbons (Fsp3) is 0.526. The van der Waals surface area contributed by atoms with Gasteiger partial charge in [-0.1, -0.05) is 36.8 Å². The molecule has 0 bridgehead atoms. The van der Waals surface area contributed by atoms with E-state index in [4.69, 9.17) is 4.74 Å². The second-order valence-electron chi connectivity index (χ2n) is 6.45. The van der Waals surface area contributed by atoms with Gasteiger partial charge in [-0.2, -0.15) is 0 Å². The predicted molar refractivity (Wildman–Crippen MR) is 89.1 cm³/mol. The van der Waals surface area contributed by atoms with Crippen LogP contribution in [0, 0.1) is 5.92 Å². The van der Waals surface area contributed by atoms with E-state index in [-0.39, 0.29) is 30.2 Å². The molecule has 1 N–H and O–H groups in total. The van der Waals surface area contributed by atoms with Gasteiger partial charge in [0, 0.05) is 18.4 Å². The highest BCUT2D eigenvalue weighted by Crippen LogP contribution is 2.34. The number of ether oxygens (including phenoxy) is 2. The number of aliphatic hydroxyl groups is 1. The van der Waals surface area contributed by atoms with E-state index in [2.05, 4.69) is 22.9 Å². The molecule has 0 spiro atoms. The number of esters is 1. The Bertz CT molecular complexity index is 576. The van der Waals surface area contributed by atoms with Gasteiger partial charge < -0.3 is 14.6 Å². The van der Waals surface area contributed by atoms with Gasteiger partial charge in [-0.25, -0.2) is 4.79 Å². The number of carbonyl (C=O) groups is 1. The van der Waals surface area contributed by atoms with E-state index >= 15 is 0 Å². The van der Waals surface area contributed by atoms with Crippen LogP contribution in [-0.2, 0) is 27.1 Å². The number of allylic oxidation sites excluding steroid dienone is 1. The topological polar surface area (TPSA) is 59.1 Å². The average Bonchev–Trinajstić information content (AvgIpc) is 3.25. The third kappa shape index (κ3) is 5.19. The molecule has 23 heavy (non-hydrogen) atoms. The molecule has 1 heterocycles. The van der Waals surface area contributed by atoms with Gasteiger partial charge in [-0.05, 0) is 31.4 Å². The minimum absolute atomic E-state index is 0.152. The molecule has 126 valence electrons. The van der Waals surface area contributed by atoms with Crippen LogP contribution in [0.25, 0.3) is 0 Å². The summed E-state index contributed by atoms with van der Waals surface area (Å²) in [6.07, 6.45) is 3.11. The molecule has 1 aliphatic heterocycles. The SMILES string of the molecule is COC(=O)/C=C(\C)Cc1cccc(C[C@H]2O[C@@H]2[C@@H](C)[C@H](C)O)c1. The Morgan fingerprint density at radius 2 is 2.09 bits per heavy atom. The minimum Gasteiger partial charge on any atom is -0.466 e. The van der Waals surface area contributed by atoms with E-state index in [0.29, 0.717) is 0 Å². The van der Waals surface area contributed by atoms with Crippen LogP contribution in [-0.4, -0.2) is 36.5 Å². The van der Waals surface area contributed by atoms with Gasteiger partial charge in [0.25, 0.3) is 0 Å². The van der Waals surface area contributed by atoms with Crippen LogP contribution in [0.1, 0.15) is 31.9 Å². The molecule has 0 aromatic heterocycles. The summed E-state index contributed by atoms with van der Waals surface area (Å²) >= 11 is 0. The lowest BCUT2D eigenvalue weighted by Gasteiger charge is -2.11. The zero-order valence-electron chi connectivity index (χ0n) is 14.3. The molecular weight excluding hydrogens is 292 g/mol. The number of rotatable bonds is 7. The second kappa shape index (κ2) is 7.75. The molecule has 0 amide bonds. The number of aliphatic hydroxyl groups excluding tert-OH is 1. The van der Waals surface area contributed by atoms with E-state index < -0.39 is 0 Å². The third-order valence-corrected chi connectivity index (χ3v) is 4.38. The van der Waals surface area contributed by atoms with Gasteiger partial charge in [0.1, 0.15) is 0 Å². The summed E-state index contributed by atoms with van der Waals surface area (Å²) in [4.78, 5) is 11.3. The van der Waals surface area contributed by atoms with Crippen molar-refractivity contribution in [2.75, 3.05) is 7.11 Å². The highest BCUT2D eigenvalue weighted by atomic mass is 16.6. The molecule has 1 fully saturated rings. The zero-order valence-corrected chi connectivity index (χ0v) is 14.3. The normalized spacial score (nSPS) is 23.3. The first kappa shape index (κ1) is 17.7. The Morgan fingerprint density at radius 1 is 1.39 bits per heavy atom. The van der Waals surface area contributed by atoms with Crippen LogP contribution in [0.15, 0.2) is 35.9 Å². The van der Waals surface area contributed by atoms with Crippen LogP contribution in [0.5, 0.6) is 0 Å². The van der Waals surface area contributed by atoms with E-state index in [1.807, 2.05) is 19.9 Å². The first-order valence-corrected chi connectivity index (χ1v) is 8.07. The van der Waals surface area contributed by atoms with Crippen molar-refractivity contribution in [1.82, 2.24) is 0 Å². The van der Waals surface area contributed by atoms with Crippen molar-refractivity contribution >= 4 is 5.97 Å². The molecule has 4 atom stereocenters. The Kier molecular flexibility index (Phi) is 5.97. The second-order valence-corrected chi connectivity index (χ2v) is 6.45. The maximum atomic E-state index is 11.3. The molecule has 4 heteroatoms. The number of epoxide rings is 1. The van der Waals surface area contributed by atoms with Crippen LogP contribution in [0.2, 0.25) is 0 Å². The highest BCUT2D eigenvalue weighted by molar-refractivity contribution is 5.82. The van der Waals surface area contributed by atoms with Crippen molar-refractivity contribution in [3.63, 3.8) is 0 Å². The Labute approximate surface area is 138 Å². The molecule has 4 nitrogen and oxygen atoms in total. The number of methoxy groups -OCH3 is 1. The molecule has 0 aliphatic carbocycles. The van der Waals surface area contributed by atoms with Crippen molar-refractivity contribution in [3.8, 4) is 0 Å². The van der Waals surface area contributed by atoms with Gasteiger partial charge in [0.05, 0.1) is 25.4 Å². The smallest absolute Gasteiger partial charge is 0.330 e. The van der Waals surface area contributed by atoms with E-state index in [0.717, 1.165) is 18.4 Å². The standard InChI is InChI=1S/C19H26O4/c1-12(9-18(21)22-4)8-15-6-5-7-16(10-15)11-17-19(23-17)13(2)14(3)20/h5-7,9-10,13-14,17,19-20H,8,11H2,1-4H3/b12-9+/t13-,14-,17+,19+/m0/s1. The lowest BCUT2D eigenvalue weighted by molar-refractivity contribution is -0.134.